The maximum Gasteiger partial charge on any atom is 0.165 e. The predicted octanol–water partition coefficient (Wildman–Crippen LogP) is 3.93. The van der Waals surface area contributed by atoms with Gasteiger partial charge in [0.1, 0.15) is 6.61 Å². The zero-order valence-electron chi connectivity index (χ0n) is 11.2. The average molecular weight is 259 g/mol. The monoisotopic (exact) mass is 259 g/mol. The number of rotatable bonds is 5. The summed E-state index contributed by atoms with van der Waals surface area (Å²) >= 11 is 0. The van der Waals surface area contributed by atoms with Gasteiger partial charge in [0.15, 0.2) is 11.6 Å². The molecule has 0 saturated heterocycles. The number of anilines is 1. The molecule has 100 valence electrons. The van der Waals surface area contributed by atoms with E-state index in [2.05, 4.69) is 11.4 Å². The molecule has 0 aliphatic carbocycles. The molecule has 2 nitrogen and oxygen atoms in total. The van der Waals surface area contributed by atoms with Crippen LogP contribution in [0.15, 0.2) is 42.5 Å². The van der Waals surface area contributed by atoms with Crippen molar-refractivity contribution in [3.8, 4) is 5.75 Å². The largest absolute Gasteiger partial charge is 0.489 e. The third-order valence-electron chi connectivity index (χ3n) is 2.79. The molecule has 2 aromatic rings. The molecule has 2 rings (SSSR count). The number of nitrogens with one attached hydrogen (secondary N) is 1. The van der Waals surface area contributed by atoms with Crippen LogP contribution in [0.4, 0.5) is 10.1 Å². The molecule has 0 atom stereocenters. The van der Waals surface area contributed by atoms with E-state index in [0.717, 1.165) is 11.3 Å². The number of aryl methyl sites for hydroxylation is 2. The molecule has 0 amide bonds. The van der Waals surface area contributed by atoms with Gasteiger partial charge in [-0.25, -0.2) is 4.39 Å². The average Bonchev–Trinajstić information content (AvgIpc) is 2.39. The Morgan fingerprint density at radius 3 is 2.63 bits per heavy atom. The van der Waals surface area contributed by atoms with Crippen molar-refractivity contribution in [2.75, 3.05) is 18.5 Å². The maximum absolute atomic E-state index is 13.4. The SMILES string of the molecule is Cc1cccc(NCCOc2cc(C)ccc2F)c1. The summed E-state index contributed by atoms with van der Waals surface area (Å²) in [5.74, 6) is -0.00722. The highest BCUT2D eigenvalue weighted by Crippen LogP contribution is 2.18. The zero-order valence-corrected chi connectivity index (χ0v) is 11.2. The van der Waals surface area contributed by atoms with Gasteiger partial charge in [-0.3, -0.25) is 0 Å². The molecule has 1 N–H and O–H groups in total. The van der Waals surface area contributed by atoms with Crippen LogP contribution in [-0.2, 0) is 0 Å². The molecular formula is C16H18FNO. The zero-order chi connectivity index (χ0) is 13.7. The van der Waals surface area contributed by atoms with Crippen LogP contribution >= 0.6 is 0 Å². The Morgan fingerprint density at radius 2 is 1.84 bits per heavy atom. The van der Waals surface area contributed by atoms with Gasteiger partial charge in [0.2, 0.25) is 0 Å². The lowest BCUT2D eigenvalue weighted by molar-refractivity contribution is 0.315. The fourth-order valence-corrected chi connectivity index (χ4v) is 1.83. The van der Waals surface area contributed by atoms with Gasteiger partial charge in [0.05, 0.1) is 0 Å². The second-order valence-electron chi connectivity index (χ2n) is 4.58. The molecule has 0 spiro atoms. The van der Waals surface area contributed by atoms with Gasteiger partial charge in [-0.05, 0) is 49.2 Å². The first kappa shape index (κ1) is 13.4. The molecular weight excluding hydrogens is 241 g/mol. The Balaban J connectivity index is 1.82. The Morgan fingerprint density at radius 1 is 1.05 bits per heavy atom. The minimum absolute atomic E-state index is 0.311. The fraction of sp³-hybridized carbons (Fsp3) is 0.250. The number of benzene rings is 2. The first-order valence-corrected chi connectivity index (χ1v) is 6.34. The van der Waals surface area contributed by atoms with Crippen molar-refractivity contribution in [1.29, 1.82) is 0 Å². The highest BCUT2D eigenvalue weighted by Gasteiger charge is 2.02. The Kier molecular flexibility index (Phi) is 4.39. The van der Waals surface area contributed by atoms with Gasteiger partial charge in [0.25, 0.3) is 0 Å². The maximum atomic E-state index is 13.4. The van der Waals surface area contributed by atoms with Gasteiger partial charge in [0, 0.05) is 12.2 Å². The second-order valence-corrected chi connectivity index (χ2v) is 4.58. The van der Waals surface area contributed by atoms with E-state index in [0.29, 0.717) is 18.9 Å². The number of hydrogen-bond acceptors (Lipinski definition) is 2. The third kappa shape index (κ3) is 3.98. The summed E-state index contributed by atoms with van der Waals surface area (Å²) < 4.78 is 18.9. The summed E-state index contributed by atoms with van der Waals surface area (Å²) in [7, 11) is 0. The number of ether oxygens (including phenoxy) is 1. The molecule has 3 heteroatoms. The molecule has 2 aromatic carbocycles. The van der Waals surface area contributed by atoms with Crippen LogP contribution < -0.4 is 10.1 Å². The number of halogens is 1. The van der Waals surface area contributed by atoms with Gasteiger partial charge in [-0.1, -0.05) is 18.2 Å². The Bertz CT molecular complexity index is 554. The van der Waals surface area contributed by atoms with E-state index in [1.807, 2.05) is 32.0 Å². The molecule has 0 fully saturated rings. The van der Waals surface area contributed by atoms with E-state index in [1.54, 1.807) is 12.1 Å². The highest BCUT2D eigenvalue weighted by atomic mass is 19.1. The van der Waals surface area contributed by atoms with Crippen LogP contribution in [0.2, 0.25) is 0 Å². The minimum atomic E-state index is -0.318. The third-order valence-corrected chi connectivity index (χ3v) is 2.79. The van der Waals surface area contributed by atoms with E-state index < -0.39 is 0 Å². The van der Waals surface area contributed by atoms with Crippen molar-refractivity contribution in [3.63, 3.8) is 0 Å². The van der Waals surface area contributed by atoms with Gasteiger partial charge in [-0.2, -0.15) is 0 Å². The smallest absolute Gasteiger partial charge is 0.165 e. The van der Waals surface area contributed by atoms with E-state index >= 15 is 0 Å². The molecule has 0 saturated carbocycles. The van der Waals surface area contributed by atoms with E-state index in [-0.39, 0.29) is 5.82 Å². The lowest BCUT2D eigenvalue weighted by Crippen LogP contribution is -2.12. The molecule has 0 aliphatic heterocycles. The lowest BCUT2D eigenvalue weighted by atomic mass is 10.2. The van der Waals surface area contributed by atoms with E-state index in [9.17, 15) is 4.39 Å². The topological polar surface area (TPSA) is 21.3 Å². The van der Waals surface area contributed by atoms with Crippen molar-refractivity contribution in [1.82, 2.24) is 0 Å². The predicted molar refractivity (Wildman–Crippen MR) is 76.3 cm³/mol. The summed E-state index contributed by atoms with van der Waals surface area (Å²) in [5.41, 5.74) is 3.24. The van der Waals surface area contributed by atoms with E-state index in [4.69, 9.17) is 4.74 Å². The first-order chi connectivity index (χ1) is 9.15. The number of hydrogen-bond donors (Lipinski definition) is 1. The molecule has 0 radical (unpaired) electrons. The summed E-state index contributed by atoms with van der Waals surface area (Å²) in [6, 6.07) is 13.0. The van der Waals surface area contributed by atoms with Crippen molar-refractivity contribution >= 4 is 5.69 Å². The van der Waals surface area contributed by atoms with Crippen molar-refractivity contribution in [3.05, 3.63) is 59.4 Å². The van der Waals surface area contributed by atoms with Crippen LogP contribution in [0.25, 0.3) is 0 Å². The highest BCUT2D eigenvalue weighted by molar-refractivity contribution is 5.45. The normalized spacial score (nSPS) is 10.3. The van der Waals surface area contributed by atoms with Crippen LogP contribution in [0.1, 0.15) is 11.1 Å². The molecule has 19 heavy (non-hydrogen) atoms. The van der Waals surface area contributed by atoms with Crippen molar-refractivity contribution < 1.29 is 9.13 Å². The van der Waals surface area contributed by atoms with Gasteiger partial charge in [-0.15, -0.1) is 0 Å². The molecule has 0 aromatic heterocycles. The first-order valence-electron chi connectivity index (χ1n) is 6.34. The summed E-state index contributed by atoms with van der Waals surface area (Å²) in [6.45, 7) is 5.02. The summed E-state index contributed by atoms with van der Waals surface area (Å²) in [4.78, 5) is 0. The molecule has 0 unspecified atom stereocenters. The van der Waals surface area contributed by atoms with Crippen molar-refractivity contribution in [2.24, 2.45) is 0 Å². The fourth-order valence-electron chi connectivity index (χ4n) is 1.83. The summed E-state index contributed by atoms with van der Waals surface area (Å²) in [5, 5.41) is 3.24. The molecule has 0 bridgehead atoms. The van der Waals surface area contributed by atoms with Gasteiger partial charge < -0.3 is 10.1 Å². The van der Waals surface area contributed by atoms with Crippen LogP contribution in [-0.4, -0.2) is 13.2 Å². The van der Waals surface area contributed by atoms with Gasteiger partial charge >= 0.3 is 0 Å². The van der Waals surface area contributed by atoms with E-state index in [1.165, 1.54) is 11.6 Å². The molecule has 0 heterocycles. The second kappa shape index (κ2) is 6.23. The van der Waals surface area contributed by atoms with Crippen LogP contribution in [0.5, 0.6) is 5.75 Å². The summed E-state index contributed by atoms with van der Waals surface area (Å²) in [6.07, 6.45) is 0. The minimum Gasteiger partial charge on any atom is -0.489 e. The quantitative estimate of drug-likeness (QED) is 0.821. The Hall–Kier alpha value is -2.03. The van der Waals surface area contributed by atoms with Crippen LogP contribution in [0.3, 0.4) is 0 Å². The molecule has 0 aliphatic rings. The van der Waals surface area contributed by atoms with Crippen molar-refractivity contribution in [2.45, 2.75) is 13.8 Å². The Labute approximate surface area is 113 Å². The standard InChI is InChI=1S/C16H18FNO/c1-12-4-3-5-14(10-12)18-8-9-19-16-11-13(2)6-7-15(16)17/h3-7,10-11,18H,8-9H2,1-2H3. The van der Waals surface area contributed by atoms with Crippen LogP contribution in [0, 0.1) is 19.7 Å². The lowest BCUT2D eigenvalue weighted by Gasteiger charge is -2.10.